The van der Waals surface area contributed by atoms with E-state index in [9.17, 15) is 14.5 Å². The van der Waals surface area contributed by atoms with Gasteiger partial charge in [-0.2, -0.15) is 5.10 Å². The zero-order valence-electron chi connectivity index (χ0n) is 9.15. The van der Waals surface area contributed by atoms with Crippen molar-refractivity contribution in [3.8, 4) is 0 Å². The maximum Gasteiger partial charge on any atom is 0.272 e. The summed E-state index contributed by atoms with van der Waals surface area (Å²) in [4.78, 5) is 13.7. The molecule has 0 spiro atoms. The predicted octanol–water partition coefficient (Wildman–Crippen LogP) is 0.866. The monoisotopic (exact) mass is 252 g/mol. The number of rotatable bonds is 4. The number of nitro benzene ring substituents is 1. The summed E-state index contributed by atoms with van der Waals surface area (Å²) in [6.07, 6.45) is 1.25. The molecule has 1 N–H and O–H groups in total. The smallest absolute Gasteiger partial charge is 0.272 e. The molecular formula is C10H9FN4O3. The largest absolute Gasteiger partial charge is 0.388 e. The molecule has 8 heteroatoms. The van der Waals surface area contributed by atoms with Gasteiger partial charge < -0.3 is 5.11 Å². The average molecular weight is 252 g/mol. The summed E-state index contributed by atoms with van der Waals surface area (Å²) < 4.78 is 14.5. The number of aliphatic hydroxyl groups is 1. The van der Waals surface area contributed by atoms with Crippen LogP contribution in [0.1, 0.15) is 11.4 Å². The van der Waals surface area contributed by atoms with Crippen LogP contribution in [0.3, 0.4) is 0 Å². The Balaban J connectivity index is 2.32. The molecule has 0 amide bonds. The van der Waals surface area contributed by atoms with Gasteiger partial charge in [-0.1, -0.05) is 0 Å². The lowest BCUT2D eigenvalue weighted by molar-refractivity contribution is -0.385. The Morgan fingerprint density at radius 3 is 2.89 bits per heavy atom. The van der Waals surface area contributed by atoms with Gasteiger partial charge in [0.25, 0.3) is 5.69 Å². The van der Waals surface area contributed by atoms with E-state index in [1.54, 1.807) is 0 Å². The van der Waals surface area contributed by atoms with Gasteiger partial charge in [-0.25, -0.2) is 14.1 Å². The molecule has 1 aromatic heterocycles. The molecule has 0 aliphatic carbocycles. The third-order valence-corrected chi connectivity index (χ3v) is 2.32. The van der Waals surface area contributed by atoms with Crippen molar-refractivity contribution < 1.29 is 14.4 Å². The predicted molar refractivity (Wildman–Crippen MR) is 58.1 cm³/mol. The molecule has 0 radical (unpaired) electrons. The molecule has 94 valence electrons. The molecule has 18 heavy (non-hydrogen) atoms. The number of nitro groups is 1. The fourth-order valence-electron chi connectivity index (χ4n) is 1.55. The minimum Gasteiger partial charge on any atom is -0.388 e. The van der Waals surface area contributed by atoms with E-state index in [-0.39, 0.29) is 18.8 Å². The highest BCUT2D eigenvalue weighted by Crippen LogP contribution is 2.17. The molecule has 0 unspecified atom stereocenters. The minimum absolute atomic E-state index is 0.106. The first kappa shape index (κ1) is 12.1. The van der Waals surface area contributed by atoms with Gasteiger partial charge >= 0.3 is 0 Å². The summed E-state index contributed by atoms with van der Waals surface area (Å²) in [7, 11) is 0. The van der Waals surface area contributed by atoms with Crippen molar-refractivity contribution >= 4 is 5.69 Å². The number of hydrogen-bond donors (Lipinski definition) is 1. The number of aromatic nitrogens is 3. The number of hydrogen-bond acceptors (Lipinski definition) is 5. The third-order valence-electron chi connectivity index (χ3n) is 2.32. The summed E-state index contributed by atoms with van der Waals surface area (Å²) in [5, 5.41) is 23.4. The molecule has 1 aromatic carbocycles. The molecule has 2 aromatic rings. The first-order valence-electron chi connectivity index (χ1n) is 5.01. The van der Waals surface area contributed by atoms with Crippen LogP contribution in [-0.4, -0.2) is 24.8 Å². The molecular weight excluding hydrogens is 243 g/mol. The summed E-state index contributed by atoms with van der Waals surface area (Å²) in [6, 6.07) is 3.28. The normalized spacial score (nSPS) is 10.6. The number of nitrogens with zero attached hydrogens (tertiary/aromatic N) is 4. The van der Waals surface area contributed by atoms with Crippen LogP contribution in [0.5, 0.6) is 0 Å². The van der Waals surface area contributed by atoms with Crippen LogP contribution >= 0.6 is 0 Å². The highest BCUT2D eigenvalue weighted by atomic mass is 19.1. The van der Waals surface area contributed by atoms with E-state index < -0.39 is 10.7 Å². The molecule has 0 saturated carbocycles. The second-order valence-corrected chi connectivity index (χ2v) is 3.57. The highest BCUT2D eigenvalue weighted by Gasteiger charge is 2.11. The average Bonchev–Trinajstić information content (AvgIpc) is 2.75. The van der Waals surface area contributed by atoms with Crippen molar-refractivity contribution in [1.82, 2.24) is 14.8 Å². The van der Waals surface area contributed by atoms with E-state index in [2.05, 4.69) is 10.1 Å². The minimum atomic E-state index is -0.690. The summed E-state index contributed by atoms with van der Waals surface area (Å²) in [6.45, 7) is -0.202. The van der Waals surface area contributed by atoms with Crippen LogP contribution in [0.2, 0.25) is 0 Å². The van der Waals surface area contributed by atoms with Crippen molar-refractivity contribution in [3.05, 3.63) is 51.8 Å². The second kappa shape index (κ2) is 4.88. The molecule has 7 nitrogen and oxygen atoms in total. The molecule has 0 aliphatic heterocycles. The van der Waals surface area contributed by atoms with Crippen molar-refractivity contribution in [2.45, 2.75) is 13.2 Å². The summed E-state index contributed by atoms with van der Waals surface area (Å²) >= 11 is 0. The van der Waals surface area contributed by atoms with Crippen LogP contribution in [0.15, 0.2) is 24.5 Å². The van der Waals surface area contributed by atoms with Crippen molar-refractivity contribution in [3.63, 3.8) is 0 Å². The van der Waals surface area contributed by atoms with E-state index in [0.717, 1.165) is 6.07 Å². The van der Waals surface area contributed by atoms with Crippen molar-refractivity contribution in [1.29, 1.82) is 0 Å². The van der Waals surface area contributed by atoms with Gasteiger partial charge in [0.15, 0.2) is 5.82 Å². The zero-order valence-corrected chi connectivity index (χ0v) is 9.15. The summed E-state index contributed by atoms with van der Waals surface area (Å²) in [5.41, 5.74) is 0.0533. The molecule has 2 rings (SSSR count). The van der Waals surface area contributed by atoms with E-state index in [4.69, 9.17) is 5.11 Å². The van der Waals surface area contributed by atoms with E-state index in [1.165, 1.54) is 23.1 Å². The van der Waals surface area contributed by atoms with Crippen molar-refractivity contribution in [2.24, 2.45) is 0 Å². The highest BCUT2D eigenvalue weighted by molar-refractivity contribution is 5.35. The molecule has 0 aliphatic rings. The molecule has 0 saturated heterocycles. The quantitative estimate of drug-likeness (QED) is 0.643. The number of halogens is 1. The van der Waals surface area contributed by atoms with E-state index >= 15 is 0 Å². The lowest BCUT2D eigenvalue weighted by Gasteiger charge is -2.04. The first-order valence-corrected chi connectivity index (χ1v) is 5.01. The SMILES string of the molecule is O=[N+]([O-])c1cc(F)cc(Cn2ncnc2CO)c1. The molecule has 0 bridgehead atoms. The Morgan fingerprint density at radius 2 is 2.22 bits per heavy atom. The standard InChI is InChI=1S/C10H9FN4O3/c11-8-1-7(2-9(3-8)15(17)18)4-14-10(5-16)12-6-13-14/h1-3,6,16H,4-5H2. The molecule has 1 heterocycles. The Kier molecular flexibility index (Phi) is 3.28. The van der Waals surface area contributed by atoms with E-state index in [0.29, 0.717) is 11.4 Å². The zero-order chi connectivity index (χ0) is 13.1. The summed E-state index contributed by atoms with van der Waals surface area (Å²) in [5.74, 6) is -0.383. The second-order valence-electron chi connectivity index (χ2n) is 3.57. The van der Waals surface area contributed by atoms with Gasteiger partial charge in [-0.05, 0) is 11.6 Å². The van der Waals surface area contributed by atoms with Crippen LogP contribution in [0, 0.1) is 15.9 Å². The maximum absolute atomic E-state index is 13.2. The Labute approximate surface area is 101 Å². The number of aliphatic hydroxyl groups excluding tert-OH is 1. The topological polar surface area (TPSA) is 94.1 Å². The fourth-order valence-corrected chi connectivity index (χ4v) is 1.55. The Hall–Kier alpha value is -2.35. The van der Waals surface area contributed by atoms with Crippen LogP contribution in [-0.2, 0) is 13.2 Å². The Bertz CT molecular complexity index is 584. The lowest BCUT2D eigenvalue weighted by Crippen LogP contribution is -2.07. The van der Waals surface area contributed by atoms with Gasteiger partial charge in [-0.15, -0.1) is 0 Å². The van der Waals surface area contributed by atoms with Gasteiger partial charge in [0.1, 0.15) is 18.8 Å². The van der Waals surface area contributed by atoms with Crippen LogP contribution in [0.25, 0.3) is 0 Å². The fraction of sp³-hybridized carbons (Fsp3) is 0.200. The van der Waals surface area contributed by atoms with Gasteiger partial charge in [-0.3, -0.25) is 10.1 Å². The first-order chi connectivity index (χ1) is 8.60. The number of benzene rings is 1. The van der Waals surface area contributed by atoms with Crippen LogP contribution in [0.4, 0.5) is 10.1 Å². The third kappa shape index (κ3) is 2.48. The maximum atomic E-state index is 13.2. The molecule has 0 atom stereocenters. The number of non-ortho nitro benzene ring substituents is 1. The molecule has 0 fully saturated rings. The van der Waals surface area contributed by atoms with E-state index in [1.807, 2.05) is 0 Å². The van der Waals surface area contributed by atoms with Gasteiger partial charge in [0, 0.05) is 6.07 Å². The van der Waals surface area contributed by atoms with Crippen molar-refractivity contribution in [2.75, 3.05) is 0 Å². The van der Waals surface area contributed by atoms with Crippen LogP contribution < -0.4 is 0 Å². The lowest BCUT2D eigenvalue weighted by atomic mass is 10.2. The van der Waals surface area contributed by atoms with Gasteiger partial charge in [0.2, 0.25) is 0 Å². The van der Waals surface area contributed by atoms with Gasteiger partial charge in [0.05, 0.1) is 17.5 Å². The Morgan fingerprint density at radius 1 is 1.44 bits per heavy atom.